The first kappa shape index (κ1) is 28.1. The summed E-state index contributed by atoms with van der Waals surface area (Å²) in [5.41, 5.74) is 4.65. The van der Waals surface area contributed by atoms with Gasteiger partial charge in [0.05, 0.1) is 11.6 Å². The number of nitrogens with zero attached hydrogens (tertiary/aromatic N) is 1. The molecule has 39 heavy (non-hydrogen) atoms. The number of amides is 1. The van der Waals surface area contributed by atoms with Crippen molar-refractivity contribution in [1.82, 2.24) is 4.90 Å². The van der Waals surface area contributed by atoms with Crippen molar-refractivity contribution in [3.05, 3.63) is 106 Å². The van der Waals surface area contributed by atoms with Crippen LogP contribution in [0, 0.1) is 6.92 Å². The third-order valence-electron chi connectivity index (χ3n) is 7.00. The number of hydrogen-bond acceptors (Lipinski definition) is 5. The van der Waals surface area contributed by atoms with Crippen LogP contribution in [-0.4, -0.2) is 42.0 Å². The second-order valence-electron chi connectivity index (χ2n) is 11.0. The Labute approximate surface area is 230 Å². The lowest BCUT2D eigenvalue weighted by atomic mass is 9.85. The fourth-order valence-electron chi connectivity index (χ4n) is 4.83. The van der Waals surface area contributed by atoms with E-state index in [0.29, 0.717) is 37.5 Å². The number of aryl methyl sites for hydroxylation is 1. The molecular weight excluding hydrogens is 490 g/mol. The molecule has 6 heteroatoms. The van der Waals surface area contributed by atoms with Gasteiger partial charge in [0.25, 0.3) is 11.7 Å². The van der Waals surface area contributed by atoms with Crippen molar-refractivity contribution in [1.29, 1.82) is 0 Å². The lowest BCUT2D eigenvalue weighted by molar-refractivity contribution is -0.140. The highest BCUT2D eigenvalue weighted by molar-refractivity contribution is 6.46. The fourth-order valence-corrected chi connectivity index (χ4v) is 4.83. The van der Waals surface area contributed by atoms with Gasteiger partial charge in [-0.05, 0) is 59.7 Å². The molecule has 1 heterocycles. The van der Waals surface area contributed by atoms with Crippen molar-refractivity contribution in [3.8, 4) is 5.75 Å². The van der Waals surface area contributed by atoms with E-state index in [0.717, 1.165) is 22.3 Å². The molecule has 1 amide bonds. The number of methoxy groups -OCH3 is 1. The summed E-state index contributed by atoms with van der Waals surface area (Å²) in [6.07, 6.45) is 0.576. The summed E-state index contributed by atoms with van der Waals surface area (Å²) in [6, 6.07) is 22.3. The van der Waals surface area contributed by atoms with Crippen molar-refractivity contribution in [3.63, 3.8) is 0 Å². The minimum Gasteiger partial charge on any atom is -0.507 e. The average Bonchev–Trinajstić information content (AvgIpc) is 3.16. The van der Waals surface area contributed by atoms with E-state index in [-0.39, 0.29) is 16.7 Å². The van der Waals surface area contributed by atoms with Crippen LogP contribution >= 0.6 is 0 Å². The molecule has 0 bridgehead atoms. The molecule has 0 radical (unpaired) electrons. The molecule has 3 aromatic carbocycles. The number of rotatable bonds is 9. The Kier molecular flexibility index (Phi) is 8.56. The molecule has 3 aromatic rings. The van der Waals surface area contributed by atoms with Gasteiger partial charge < -0.3 is 19.5 Å². The van der Waals surface area contributed by atoms with Gasteiger partial charge >= 0.3 is 0 Å². The minimum atomic E-state index is -0.687. The largest absolute Gasteiger partial charge is 0.507 e. The number of aliphatic hydroxyl groups excluding tert-OH is 1. The van der Waals surface area contributed by atoms with E-state index in [9.17, 15) is 14.7 Å². The number of aliphatic hydroxyl groups is 1. The Bertz CT molecular complexity index is 1350. The number of ether oxygens (including phenoxy) is 2. The standard InChI is InChI=1S/C33H37NO5/c1-22-8-6-9-23(20-22)21-39-27-16-12-25(13-17-27)30(35)28-29(24-10-14-26(15-11-24)33(2,3)4)34(18-7-19-38-5)32(37)31(28)36/h6,8-17,20,29,35H,7,18-19,21H2,1-5H3/b30-28+/t29-/m1/s1. The Morgan fingerprint density at radius 2 is 1.67 bits per heavy atom. The molecule has 1 fully saturated rings. The zero-order chi connectivity index (χ0) is 28.2. The average molecular weight is 528 g/mol. The first-order valence-electron chi connectivity index (χ1n) is 13.3. The Morgan fingerprint density at radius 1 is 0.974 bits per heavy atom. The molecule has 0 saturated carbocycles. The maximum absolute atomic E-state index is 13.3. The topological polar surface area (TPSA) is 76.1 Å². The van der Waals surface area contributed by atoms with Gasteiger partial charge in [-0.1, -0.05) is 74.9 Å². The van der Waals surface area contributed by atoms with Gasteiger partial charge in [-0.25, -0.2) is 0 Å². The van der Waals surface area contributed by atoms with E-state index < -0.39 is 17.7 Å². The first-order valence-corrected chi connectivity index (χ1v) is 13.3. The van der Waals surface area contributed by atoms with Gasteiger partial charge in [-0.15, -0.1) is 0 Å². The van der Waals surface area contributed by atoms with Crippen molar-refractivity contribution < 1.29 is 24.2 Å². The quantitative estimate of drug-likeness (QED) is 0.152. The molecular formula is C33H37NO5. The summed E-state index contributed by atoms with van der Waals surface area (Å²) >= 11 is 0. The number of Topliss-reactive ketones (excluding diaryl/α,β-unsaturated/α-hetero) is 1. The summed E-state index contributed by atoms with van der Waals surface area (Å²) in [6.45, 7) is 9.65. The van der Waals surface area contributed by atoms with Crippen LogP contribution in [0.3, 0.4) is 0 Å². The zero-order valence-electron chi connectivity index (χ0n) is 23.4. The monoisotopic (exact) mass is 527 g/mol. The number of hydrogen-bond donors (Lipinski definition) is 1. The second kappa shape index (κ2) is 11.9. The molecule has 1 atom stereocenters. The minimum absolute atomic E-state index is 0.0397. The van der Waals surface area contributed by atoms with Crippen LogP contribution in [0.2, 0.25) is 0 Å². The number of ketones is 1. The van der Waals surface area contributed by atoms with E-state index >= 15 is 0 Å². The molecule has 6 nitrogen and oxygen atoms in total. The summed E-state index contributed by atoms with van der Waals surface area (Å²) in [5, 5.41) is 11.4. The Balaban J connectivity index is 1.65. The van der Waals surface area contributed by atoms with Gasteiger partial charge in [0.15, 0.2) is 0 Å². The molecule has 1 saturated heterocycles. The molecule has 1 aliphatic rings. The smallest absolute Gasteiger partial charge is 0.295 e. The summed E-state index contributed by atoms with van der Waals surface area (Å²) in [7, 11) is 1.60. The highest BCUT2D eigenvalue weighted by atomic mass is 16.5. The van der Waals surface area contributed by atoms with Crippen molar-refractivity contribution in [2.45, 2.75) is 52.2 Å². The Morgan fingerprint density at radius 3 is 2.28 bits per heavy atom. The molecule has 0 aliphatic carbocycles. The van der Waals surface area contributed by atoms with Gasteiger partial charge in [0, 0.05) is 25.8 Å². The van der Waals surface area contributed by atoms with Gasteiger partial charge in [-0.2, -0.15) is 0 Å². The van der Waals surface area contributed by atoms with Crippen LogP contribution in [0.15, 0.2) is 78.4 Å². The maximum atomic E-state index is 13.3. The van der Waals surface area contributed by atoms with Crippen LogP contribution in [-0.2, 0) is 26.3 Å². The van der Waals surface area contributed by atoms with Crippen LogP contribution < -0.4 is 4.74 Å². The van der Waals surface area contributed by atoms with E-state index in [4.69, 9.17) is 9.47 Å². The van der Waals surface area contributed by atoms with Crippen LogP contribution in [0.5, 0.6) is 5.75 Å². The summed E-state index contributed by atoms with van der Waals surface area (Å²) in [4.78, 5) is 27.9. The highest BCUT2D eigenvalue weighted by Crippen LogP contribution is 2.40. The predicted molar refractivity (Wildman–Crippen MR) is 153 cm³/mol. The lowest BCUT2D eigenvalue weighted by Crippen LogP contribution is -2.31. The summed E-state index contributed by atoms with van der Waals surface area (Å²) in [5.74, 6) is -0.856. The van der Waals surface area contributed by atoms with Gasteiger partial charge in [0.2, 0.25) is 0 Å². The summed E-state index contributed by atoms with van der Waals surface area (Å²) < 4.78 is 11.1. The van der Waals surface area contributed by atoms with Crippen LogP contribution in [0.4, 0.5) is 0 Å². The molecule has 204 valence electrons. The first-order chi connectivity index (χ1) is 18.6. The third kappa shape index (κ3) is 6.40. The van der Waals surface area contributed by atoms with E-state index in [1.807, 2.05) is 49.4 Å². The third-order valence-corrected chi connectivity index (χ3v) is 7.00. The van der Waals surface area contributed by atoms with Crippen LogP contribution in [0.25, 0.3) is 5.76 Å². The van der Waals surface area contributed by atoms with Crippen molar-refractivity contribution >= 4 is 17.4 Å². The van der Waals surface area contributed by atoms with Crippen molar-refractivity contribution in [2.24, 2.45) is 0 Å². The number of carbonyl (C=O) groups is 2. The number of benzene rings is 3. The molecule has 1 N–H and O–H groups in total. The number of likely N-dealkylation sites (tertiary alicyclic amines) is 1. The Hall–Kier alpha value is -3.90. The molecule has 1 aliphatic heterocycles. The zero-order valence-corrected chi connectivity index (χ0v) is 23.4. The van der Waals surface area contributed by atoms with E-state index in [2.05, 4.69) is 26.8 Å². The maximum Gasteiger partial charge on any atom is 0.295 e. The predicted octanol–water partition coefficient (Wildman–Crippen LogP) is 6.33. The highest BCUT2D eigenvalue weighted by Gasteiger charge is 2.45. The van der Waals surface area contributed by atoms with E-state index in [1.54, 1.807) is 36.3 Å². The normalized spacial score (nSPS) is 17.1. The second-order valence-corrected chi connectivity index (χ2v) is 11.0. The number of carbonyl (C=O) groups excluding carboxylic acids is 2. The molecule has 0 spiro atoms. The molecule has 4 rings (SSSR count). The molecule has 0 aromatic heterocycles. The van der Waals surface area contributed by atoms with Crippen molar-refractivity contribution in [2.75, 3.05) is 20.3 Å². The lowest BCUT2D eigenvalue weighted by Gasteiger charge is -2.26. The van der Waals surface area contributed by atoms with Gasteiger partial charge in [0.1, 0.15) is 18.1 Å². The van der Waals surface area contributed by atoms with Gasteiger partial charge in [-0.3, -0.25) is 9.59 Å². The van der Waals surface area contributed by atoms with E-state index in [1.165, 1.54) is 0 Å². The van der Waals surface area contributed by atoms with Crippen LogP contribution in [0.1, 0.15) is 61.1 Å². The molecule has 0 unspecified atom stereocenters. The SMILES string of the molecule is COCCCN1C(=O)C(=O)/C(=C(/O)c2ccc(OCc3cccc(C)c3)cc2)[C@H]1c1ccc(C(C)(C)C)cc1. The fraction of sp³-hybridized carbons (Fsp3) is 0.333.